The van der Waals surface area contributed by atoms with Gasteiger partial charge in [-0.15, -0.1) is 0 Å². The highest BCUT2D eigenvalue weighted by Crippen LogP contribution is 2.11. The van der Waals surface area contributed by atoms with E-state index in [1.165, 1.54) is 5.56 Å². The molecule has 3 heteroatoms. The monoisotopic (exact) mass is 205 g/mol. The lowest BCUT2D eigenvalue weighted by atomic mass is 10.1. The van der Waals surface area contributed by atoms with Gasteiger partial charge in [-0.1, -0.05) is 30.3 Å². The first-order valence-electron chi connectivity index (χ1n) is 5.23. The van der Waals surface area contributed by atoms with Crippen LogP contribution in [0.1, 0.15) is 12.0 Å². The number of benzene rings is 1. The lowest BCUT2D eigenvalue weighted by molar-refractivity contribution is -0.131. The van der Waals surface area contributed by atoms with E-state index in [1.807, 2.05) is 18.2 Å². The third-order valence-electron chi connectivity index (χ3n) is 2.73. The zero-order valence-electron chi connectivity index (χ0n) is 8.60. The minimum atomic E-state index is -0.789. The fourth-order valence-electron chi connectivity index (χ4n) is 1.86. The van der Waals surface area contributed by atoms with Crippen LogP contribution < -0.4 is 0 Å². The first-order valence-corrected chi connectivity index (χ1v) is 5.23. The molecule has 1 fully saturated rings. The van der Waals surface area contributed by atoms with E-state index in [4.69, 9.17) is 0 Å². The van der Waals surface area contributed by atoms with Crippen molar-refractivity contribution in [1.29, 1.82) is 0 Å². The average Bonchev–Trinajstić information content (AvgIpc) is 2.25. The predicted molar refractivity (Wildman–Crippen MR) is 57.3 cm³/mol. The third kappa shape index (κ3) is 2.64. The number of piperidine rings is 1. The lowest BCUT2D eigenvalue weighted by Crippen LogP contribution is -2.43. The van der Waals surface area contributed by atoms with Gasteiger partial charge in [-0.05, 0) is 5.56 Å². The van der Waals surface area contributed by atoms with Gasteiger partial charge in [-0.25, -0.2) is 0 Å². The van der Waals surface area contributed by atoms with Gasteiger partial charge < -0.3 is 5.11 Å². The fourth-order valence-corrected chi connectivity index (χ4v) is 1.86. The van der Waals surface area contributed by atoms with Gasteiger partial charge in [0.2, 0.25) is 0 Å². The number of carbonyl (C=O) groups is 1. The van der Waals surface area contributed by atoms with Gasteiger partial charge in [0.1, 0.15) is 6.10 Å². The summed E-state index contributed by atoms with van der Waals surface area (Å²) in [5.74, 6) is -0.0284. The lowest BCUT2D eigenvalue weighted by Gasteiger charge is -2.28. The topological polar surface area (TPSA) is 40.5 Å². The van der Waals surface area contributed by atoms with Crippen LogP contribution in [0.5, 0.6) is 0 Å². The molecule has 0 aromatic heterocycles. The van der Waals surface area contributed by atoms with Crippen LogP contribution in [0.2, 0.25) is 0 Å². The first kappa shape index (κ1) is 10.3. The molecule has 1 aromatic carbocycles. The van der Waals surface area contributed by atoms with Crippen LogP contribution in [0.4, 0.5) is 0 Å². The summed E-state index contributed by atoms with van der Waals surface area (Å²) in [7, 11) is 0. The summed E-state index contributed by atoms with van der Waals surface area (Å²) in [6.45, 7) is 2.03. The van der Waals surface area contributed by atoms with Crippen molar-refractivity contribution in [3.8, 4) is 0 Å². The largest absolute Gasteiger partial charge is 0.384 e. The summed E-state index contributed by atoms with van der Waals surface area (Å²) in [6.07, 6.45) is -0.323. The van der Waals surface area contributed by atoms with Gasteiger partial charge in [0.05, 0.1) is 0 Å². The Kier molecular flexibility index (Phi) is 3.14. The number of β-amino-alcohol motifs (C(OH)–C–C–N with tert-alkyl or cyclic N) is 1. The smallest absolute Gasteiger partial charge is 0.163 e. The van der Waals surface area contributed by atoms with Gasteiger partial charge in [-0.3, -0.25) is 9.69 Å². The van der Waals surface area contributed by atoms with Crippen molar-refractivity contribution < 1.29 is 9.90 Å². The third-order valence-corrected chi connectivity index (χ3v) is 2.73. The van der Waals surface area contributed by atoms with E-state index in [9.17, 15) is 9.90 Å². The molecule has 2 rings (SSSR count). The first-order chi connectivity index (χ1) is 7.25. The van der Waals surface area contributed by atoms with Gasteiger partial charge in [0, 0.05) is 26.1 Å². The molecule has 1 unspecified atom stereocenters. The van der Waals surface area contributed by atoms with E-state index >= 15 is 0 Å². The highest BCUT2D eigenvalue weighted by Gasteiger charge is 2.24. The van der Waals surface area contributed by atoms with Crippen molar-refractivity contribution in [2.45, 2.75) is 19.1 Å². The van der Waals surface area contributed by atoms with E-state index in [1.54, 1.807) is 0 Å². The van der Waals surface area contributed by atoms with Gasteiger partial charge in [0.15, 0.2) is 5.78 Å². The zero-order valence-corrected chi connectivity index (χ0v) is 8.60. The Hall–Kier alpha value is -1.19. The molecule has 3 nitrogen and oxygen atoms in total. The molecule has 80 valence electrons. The molecule has 1 atom stereocenters. The Bertz CT molecular complexity index is 337. The van der Waals surface area contributed by atoms with Crippen LogP contribution in [0.15, 0.2) is 30.3 Å². The standard InChI is InChI=1S/C12H15NO2/c14-11-6-7-13(9-12(11)15)8-10-4-2-1-3-5-10/h1-5,12,15H,6-9H2. The van der Waals surface area contributed by atoms with Gasteiger partial charge in [0.25, 0.3) is 0 Å². The zero-order chi connectivity index (χ0) is 10.7. The van der Waals surface area contributed by atoms with E-state index in [-0.39, 0.29) is 5.78 Å². The summed E-state index contributed by atoms with van der Waals surface area (Å²) in [4.78, 5) is 13.2. The number of Topliss-reactive ketones (excluding diaryl/α,β-unsaturated/α-hetero) is 1. The molecule has 0 amide bonds. The number of ketones is 1. The molecule has 1 saturated heterocycles. The van der Waals surface area contributed by atoms with E-state index in [2.05, 4.69) is 17.0 Å². The number of aliphatic hydroxyl groups is 1. The van der Waals surface area contributed by atoms with Gasteiger partial charge in [-0.2, -0.15) is 0 Å². The molecule has 0 aliphatic carbocycles. The van der Waals surface area contributed by atoms with E-state index in [0.29, 0.717) is 13.0 Å². The van der Waals surface area contributed by atoms with Crippen LogP contribution in [0.25, 0.3) is 0 Å². The second kappa shape index (κ2) is 4.55. The van der Waals surface area contributed by atoms with Crippen molar-refractivity contribution in [2.24, 2.45) is 0 Å². The van der Waals surface area contributed by atoms with Crippen LogP contribution in [-0.4, -0.2) is 35.0 Å². The van der Waals surface area contributed by atoms with Crippen molar-refractivity contribution in [1.82, 2.24) is 4.90 Å². The number of likely N-dealkylation sites (tertiary alicyclic amines) is 1. The quantitative estimate of drug-likeness (QED) is 0.777. The summed E-state index contributed by atoms with van der Waals surface area (Å²) >= 11 is 0. The molecule has 15 heavy (non-hydrogen) atoms. The van der Waals surface area contributed by atoms with E-state index < -0.39 is 6.10 Å². The molecule has 0 radical (unpaired) electrons. The molecule has 1 heterocycles. The Morgan fingerprint density at radius 2 is 2.07 bits per heavy atom. The fraction of sp³-hybridized carbons (Fsp3) is 0.417. The average molecular weight is 205 g/mol. The molecular formula is C12H15NO2. The highest BCUT2D eigenvalue weighted by atomic mass is 16.3. The highest BCUT2D eigenvalue weighted by molar-refractivity contribution is 5.83. The molecule has 0 bridgehead atoms. The molecule has 1 N–H and O–H groups in total. The summed E-state index contributed by atoms with van der Waals surface area (Å²) < 4.78 is 0. The molecule has 0 saturated carbocycles. The minimum absolute atomic E-state index is 0.0284. The number of aliphatic hydroxyl groups excluding tert-OH is 1. The van der Waals surface area contributed by atoms with Crippen molar-refractivity contribution in [3.63, 3.8) is 0 Å². The SMILES string of the molecule is O=C1CCN(Cc2ccccc2)CC1O. The predicted octanol–water partition coefficient (Wildman–Crippen LogP) is 0.822. The van der Waals surface area contributed by atoms with Crippen molar-refractivity contribution >= 4 is 5.78 Å². The van der Waals surface area contributed by atoms with Crippen molar-refractivity contribution in [3.05, 3.63) is 35.9 Å². The Balaban J connectivity index is 1.94. The van der Waals surface area contributed by atoms with E-state index in [0.717, 1.165) is 13.1 Å². The Labute approximate surface area is 89.3 Å². The normalized spacial score (nSPS) is 23.0. The van der Waals surface area contributed by atoms with Gasteiger partial charge >= 0.3 is 0 Å². The number of carbonyl (C=O) groups excluding carboxylic acids is 1. The van der Waals surface area contributed by atoms with Crippen LogP contribution in [-0.2, 0) is 11.3 Å². The molecular weight excluding hydrogens is 190 g/mol. The number of hydrogen-bond acceptors (Lipinski definition) is 3. The summed E-state index contributed by atoms with van der Waals surface area (Å²) in [5.41, 5.74) is 1.22. The Morgan fingerprint density at radius 3 is 2.73 bits per heavy atom. The maximum atomic E-state index is 11.1. The summed E-state index contributed by atoms with van der Waals surface area (Å²) in [6, 6.07) is 10.1. The maximum absolute atomic E-state index is 11.1. The number of hydrogen-bond donors (Lipinski definition) is 1. The Morgan fingerprint density at radius 1 is 1.33 bits per heavy atom. The number of nitrogens with zero attached hydrogens (tertiary/aromatic N) is 1. The van der Waals surface area contributed by atoms with Crippen LogP contribution >= 0.6 is 0 Å². The second-order valence-corrected chi connectivity index (χ2v) is 3.95. The van der Waals surface area contributed by atoms with Crippen LogP contribution in [0.3, 0.4) is 0 Å². The number of rotatable bonds is 2. The molecule has 1 aliphatic rings. The molecule has 0 spiro atoms. The summed E-state index contributed by atoms with van der Waals surface area (Å²) in [5, 5.41) is 9.43. The van der Waals surface area contributed by atoms with Crippen LogP contribution in [0, 0.1) is 0 Å². The minimum Gasteiger partial charge on any atom is -0.384 e. The second-order valence-electron chi connectivity index (χ2n) is 3.95. The maximum Gasteiger partial charge on any atom is 0.163 e. The molecule has 1 aromatic rings. The van der Waals surface area contributed by atoms with Crippen molar-refractivity contribution in [2.75, 3.05) is 13.1 Å². The molecule has 1 aliphatic heterocycles.